The molecule has 0 atom stereocenters. The number of alkyl halides is 1. The fourth-order valence-corrected chi connectivity index (χ4v) is 18.0. The van der Waals surface area contributed by atoms with Gasteiger partial charge in [-0.05, 0) is 16.2 Å². The summed E-state index contributed by atoms with van der Waals surface area (Å²) in [5.74, 6) is 1.91. The van der Waals surface area contributed by atoms with E-state index in [4.69, 9.17) is 15.0 Å². The van der Waals surface area contributed by atoms with E-state index >= 15 is 0 Å². The van der Waals surface area contributed by atoms with Crippen molar-refractivity contribution in [3.63, 3.8) is 0 Å². The first-order valence-corrected chi connectivity index (χ1v) is 25.3. The van der Waals surface area contributed by atoms with Gasteiger partial charge in [-0.1, -0.05) is 42.5 Å². The van der Waals surface area contributed by atoms with Crippen molar-refractivity contribution in [3.05, 3.63) is 211 Å². The second-order valence-corrected chi connectivity index (χ2v) is 23.7. The Balaban J connectivity index is 1.09. The molecule has 280 valence electrons. The number of hydrogen-bond donors (Lipinski definition) is 0. The molecule has 4 nitrogen and oxygen atoms in total. The van der Waals surface area contributed by atoms with Crippen LogP contribution in [-0.4, -0.2) is 24.4 Å². The molecule has 0 saturated carbocycles. The number of aromatic nitrogens is 4. The van der Waals surface area contributed by atoms with Gasteiger partial charge in [0.1, 0.15) is 0 Å². The third kappa shape index (κ3) is 5.24. The first-order chi connectivity index (χ1) is 29.1. The zero-order valence-electron chi connectivity index (χ0n) is 32.2. The molecule has 0 radical (unpaired) electrons. The standard InChI is InChI=1S/C54H36IN4/c1-55(47-23-11-7-19-41(47)42-20-8-12-24-48(42)55)39-31-32-44-43-21-9-13-25-49(43)59(51(44)34-39)50-26-14-10-22-45(50)54-57-52(37-16-3-2-4-17-37)56-53(58-54)38-30-29-36-28-27-35-15-5-6-18-40(35)46(36)33-38/h2-34H,1H3/q-1. The first-order valence-electron chi connectivity index (χ1n) is 19.9. The molecule has 0 saturated heterocycles. The van der Waals surface area contributed by atoms with Crippen LogP contribution in [0.3, 0.4) is 0 Å². The van der Waals surface area contributed by atoms with Crippen LogP contribution in [0.2, 0.25) is 0 Å². The molecule has 59 heavy (non-hydrogen) atoms. The average Bonchev–Trinajstić information content (AvgIpc) is 3.78. The van der Waals surface area contributed by atoms with Crippen LogP contribution in [0.1, 0.15) is 0 Å². The van der Waals surface area contributed by atoms with Gasteiger partial charge < -0.3 is 0 Å². The Morgan fingerprint density at radius 2 is 0.932 bits per heavy atom. The molecule has 1 aliphatic rings. The van der Waals surface area contributed by atoms with Crippen molar-refractivity contribution in [1.82, 2.24) is 19.5 Å². The van der Waals surface area contributed by atoms with Crippen LogP contribution in [0.25, 0.3) is 94.3 Å². The number of fused-ring (bicyclic) bond motifs is 9. The molecule has 1 aliphatic heterocycles. The van der Waals surface area contributed by atoms with E-state index in [-0.39, 0.29) is 0 Å². The molecule has 5 heteroatoms. The van der Waals surface area contributed by atoms with Crippen LogP contribution in [0.5, 0.6) is 0 Å². The normalized spacial score (nSPS) is 13.5. The van der Waals surface area contributed by atoms with Gasteiger partial charge in [0.15, 0.2) is 0 Å². The summed E-state index contributed by atoms with van der Waals surface area (Å²) in [7, 11) is 0. The Labute approximate surface area is 346 Å². The van der Waals surface area contributed by atoms with Crippen LogP contribution in [0, 0.1) is 10.7 Å². The molecule has 3 heterocycles. The van der Waals surface area contributed by atoms with E-state index in [2.05, 4.69) is 191 Å². The Bertz CT molecular complexity index is 3430. The molecule has 0 spiro atoms. The Morgan fingerprint density at radius 1 is 0.373 bits per heavy atom. The number of hydrogen-bond acceptors (Lipinski definition) is 3. The third-order valence-electron chi connectivity index (χ3n) is 12.0. The maximum atomic E-state index is 5.33. The van der Waals surface area contributed by atoms with Crippen molar-refractivity contribution >= 4 is 43.4 Å². The fraction of sp³-hybridized carbons (Fsp3) is 0.0185. The van der Waals surface area contributed by atoms with Crippen LogP contribution in [0.4, 0.5) is 0 Å². The van der Waals surface area contributed by atoms with E-state index in [0.29, 0.717) is 17.5 Å². The molecule has 0 amide bonds. The van der Waals surface area contributed by atoms with Crippen molar-refractivity contribution in [2.75, 3.05) is 4.93 Å². The van der Waals surface area contributed by atoms with Gasteiger partial charge in [0, 0.05) is 0 Å². The number of para-hydroxylation sites is 2. The van der Waals surface area contributed by atoms with E-state index in [1.807, 2.05) is 18.2 Å². The average molecular weight is 868 g/mol. The summed E-state index contributed by atoms with van der Waals surface area (Å²) < 4.78 is 6.89. The van der Waals surface area contributed by atoms with Gasteiger partial charge in [0.25, 0.3) is 0 Å². The van der Waals surface area contributed by atoms with Crippen LogP contribution in [0.15, 0.2) is 200 Å². The predicted octanol–water partition coefficient (Wildman–Crippen LogP) is 9.96. The Morgan fingerprint density at radius 3 is 1.71 bits per heavy atom. The van der Waals surface area contributed by atoms with Gasteiger partial charge >= 0.3 is 289 Å². The van der Waals surface area contributed by atoms with Gasteiger partial charge in [0.2, 0.25) is 0 Å². The minimum atomic E-state index is -2.94. The van der Waals surface area contributed by atoms with E-state index < -0.39 is 18.4 Å². The molecule has 0 aliphatic carbocycles. The molecular weight excluding hydrogens is 832 g/mol. The van der Waals surface area contributed by atoms with E-state index in [9.17, 15) is 0 Å². The number of benzene rings is 9. The third-order valence-corrected chi connectivity index (χ3v) is 21.7. The molecule has 2 aromatic heterocycles. The van der Waals surface area contributed by atoms with Gasteiger partial charge in [-0.3, -0.25) is 0 Å². The van der Waals surface area contributed by atoms with Crippen molar-refractivity contribution in [2.24, 2.45) is 0 Å². The maximum absolute atomic E-state index is 5.33. The molecule has 0 bridgehead atoms. The van der Waals surface area contributed by atoms with E-state index in [0.717, 1.165) is 27.9 Å². The second kappa shape index (κ2) is 13.3. The van der Waals surface area contributed by atoms with Crippen molar-refractivity contribution in [3.8, 4) is 51.0 Å². The summed E-state index contributed by atoms with van der Waals surface area (Å²) >= 11 is -2.94. The Hall–Kier alpha value is -6.96. The van der Waals surface area contributed by atoms with Crippen LogP contribution < -0.4 is 18.4 Å². The summed E-state index contributed by atoms with van der Waals surface area (Å²) in [5, 5.41) is 7.23. The number of halogens is 1. The van der Waals surface area contributed by atoms with Gasteiger partial charge in [-0.25, -0.2) is 0 Å². The molecule has 0 unspecified atom stereocenters. The topological polar surface area (TPSA) is 43.6 Å². The molecule has 0 N–H and O–H groups in total. The quantitative estimate of drug-likeness (QED) is 0.0984. The number of nitrogens with zero attached hydrogens (tertiary/aromatic N) is 4. The van der Waals surface area contributed by atoms with Crippen LogP contribution >= 0.6 is 0 Å². The second-order valence-electron chi connectivity index (χ2n) is 15.2. The van der Waals surface area contributed by atoms with Gasteiger partial charge in [0.05, 0.1) is 0 Å². The van der Waals surface area contributed by atoms with Crippen LogP contribution in [-0.2, 0) is 0 Å². The molecule has 0 fully saturated rings. The monoisotopic (exact) mass is 867 g/mol. The van der Waals surface area contributed by atoms with Gasteiger partial charge in [-0.2, -0.15) is 0 Å². The summed E-state index contributed by atoms with van der Waals surface area (Å²) in [4.78, 5) is 18.3. The van der Waals surface area contributed by atoms with Crippen molar-refractivity contribution in [2.45, 2.75) is 0 Å². The first kappa shape index (κ1) is 34.1. The van der Waals surface area contributed by atoms with Crippen molar-refractivity contribution < 1.29 is 18.4 Å². The molecule has 11 aromatic rings. The van der Waals surface area contributed by atoms with E-state index in [1.165, 1.54) is 59.7 Å². The zero-order valence-corrected chi connectivity index (χ0v) is 34.4. The minimum absolute atomic E-state index is 0.632. The predicted molar refractivity (Wildman–Crippen MR) is 239 cm³/mol. The molecule has 12 rings (SSSR count). The number of rotatable bonds is 5. The molecular formula is C54H36IN4-. The summed E-state index contributed by atoms with van der Waals surface area (Å²) in [6, 6.07) is 72.5. The summed E-state index contributed by atoms with van der Waals surface area (Å²) in [5.41, 5.74) is 8.96. The zero-order chi connectivity index (χ0) is 39.1. The Kier molecular flexibility index (Phi) is 7.69. The SMILES string of the molecule is C[I-]1(c2ccc3c4ccccc4n(-c4ccccc4-c4nc(-c5ccccc5)nc(-c5ccc6ccc7ccccc7c6c5)n4)c3c2)c2ccccc2-c2ccccc21. The van der Waals surface area contributed by atoms with E-state index in [1.54, 1.807) is 0 Å². The summed E-state index contributed by atoms with van der Waals surface area (Å²) in [6.07, 6.45) is 0. The summed E-state index contributed by atoms with van der Waals surface area (Å²) in [6.45, 7) is 0. The molecule has 9 aromatic carbocycles. The van der Waals surface area contributed by atoms with Gasteiger partial charge in [-0.15, -0.1) is 0 Å². The fourth-order valence-electron chi connectivity index (χ4n) is 9.14. The van der Waals surface area contributed by atoms with Crippen molar-refractivity contribution in [1.29, 1.82) is 0 Å².